The van der Waals surface area contributed by atoms with Crippen molar-refractivity contribution in [1.82, 2.24) is 10.3 Å². The van der Waals surface area contributed by atoms with Gasteiger partial charge in [0.1, 0.15) is 22.9 Å². The number of pyridine rings is 1. The fourth-order valence-electron chi connectivity index (χ4n) is 4.28. The monoisotopic (exact) mass is 710 g/mol. The zero-order valence-electron chi connectivity index (χ0n) is 21.7. The smallest absolute Gasteiger partial charge is 0.428 e. The molecule has 0 aliphatic rings. The topological polar surface area (TPSA) is 51.2 Å². The van der Waals surface area contributed by atoms with Gasteiger partial charge in [-0.1, -0.05) is 39.7 Å². The van der Waals surface area contributed by atoms with Crippen molar-refractivity contribution in [2.24, 2.45) is 0 Å². The summed E-state index contributed by atoms with van der Waals surface area (Å²) in [5.41, 5.74) is -4.60. The molecule has 4 rings (SSSR count). The molecule has 4 aromatic rings. The summed E-state index contributed by atoms with van der Waals surface area (Å²) in [5.74, 6) is -5.21. The van der Waals surface area contributed by atoms with E-state index >= 15 is 0 Å². The first-order valence-electron chi connectivity index (χ1n) is 12.2. The van der Waals surface area contributed by atoms with Gasteiger partial charge in [0.2, 0.25) is 0 Å². The van der Waals surface area contributed by atoms with Crippen LogP contribution >= 0.6 is 27.5 Å². The van der Waals surface area contributed by atoms with E-state index in [1.54, 1.807) is 24.3 Å². The van der Waals surface area contributed by atoms with Gasteiger partial charge in [0.25, 0.3) is 5.91 Å². The predicted octanol–water partition coefficient (Wildman–Crippen LogP) is 8.95. The molecular weight excluding hydrogens is 695 g/mol. The maximum absolute atomic E-state index is 15.0. The molecule has 0 saturated heterocycles. The average Bonchev–Trinajstić information content (AvgIpc) is 2.93. The third-order valence-corrected chi connectivity index (χ3v) is 7.03. The largest absolute Gasteiger partial charge is 0.461 e. The zero-order valence-corrected chi connectivity index (χ0v) is 24.1. The Morgan fingerprint density at radius 1 is 0.932 bits per heavy atom. The molecule has 0 aliphatic carbocycles. The number of carbonyl (C=O) groups is 1. The van der Waals surface area contributed by atoms with Gasteiger partial charge in [0.05, 0.1) is 16.3 Å². The predicted molar refractivity (Wildman–Crippen MR) is 145 cm³/mol. The second-order valence-corrected chi connectivity index (χ2v) is 10.7. The van der Waals surface area contributed by atoms with Gasteiger partial charge in [-0.05, 0) is 65.7 Å². The maximum Gasteiger partial charge on any atom is 0.461 e. The second-order valence-electron chi connectivity index (χ2n) is 9.36. The van der Waals surface area contributed by atoms with E-state index in [1.165, 1.54) is 12.1 Å². The normalized spacial score (nSPS) is 13.5. The number of aromatic nitrogens is 1. The minimum Gasteiger partial charge on any atom is -0.428 e. The lowest BCUT2D eigenvalue weighted by molar-refractivity contribution is -0.253. The SMILES string of the molecule is O=C(N[C@@](Cc1ccc(Br)cc1)(c1cc(F)cc(OC(F)(F)C(F)F)c1)c1ccc(Cl)cn1)c1ccc(F)c(C(F)(F)F)c1. The van der Waals surface area contributed by atoms with Crippen molar-refractivity contribution in [3.63, 3.8) is 0 Å². The first-order valence-corrected chi connectivity index (χ1v) is 13.4. The van der Waals surface area contributed by atoms with E-state index in [2.05, 4.69) is 31.0 Å². The van der Waals surface area contributed by atoms with Crippen LogP contribution in [0.25, 0.3) is 0 Å². The van der Waals surface area contributed by atoms with E-state index in [1.807, 2.05) is 0 Å². The lowest BCUT2D eigenvalue weighted by atomic mass is 9.80. The number of alkyl halides is 7. The Morgan fingerprint density at radius 3 is 2.20 bits per heavy atom. The first kappa shape index (κ1) is 33.1. The molecular formula is C29H17BrClF9N2O2. The number of carbonyl (C=O) groups excluding carboxylic acids is 1. The van der Waals surface area contributed by atoms with Gasteiger partial charge in [-0.2, -0.15) is 30.7 Å². The first-order chi connectivity index (χ1) is 20.5. The van der Waals surface area contributed by atoms with E-state index in [0.717, 1.165) is 24.4 Å². The molecule has 0 unspecified atom stereocenters. The van der Waals surface area contributed by atoms with Crippen molar-refractivity contribution < 1.29 is 49.0 Å². The number of hydrogen-bond donors (Lipinski definition) is 1. The van der Waals surface area contributed by atoms with Gasteiger partial charge >= 0.3 is 18.7 Å². The molecule has 0 saturated carbocycles. The standard InChI is InChI=1S/C29H17BrClF9N2O2/c30-18-4-1-15(2-5-18)13-27(24-8-6-19(31)14-41-24,17-10-20(32)12-21(11-17)44-29(39,40)26(34)35)42-25(43)16-3-7-23(33)22(9-16)28(36,37)38/h1-12,14,26H,13H2,(H,42,43)/t27-/m0/s1. The highest BCUT2D eigenvalue weighted by molar-refractivity contribution is 9.10. The van der Waals surface area contributed by atoms with Crippen LogP contribution in [-0.4, -0.2) is 23.4 Å². The molecule has 0 radical (unpaired) electrons. The number of nitrogens with one attached hydrogen (secondary N) is 1. The van der Waals surface area contributed by atoms with Crippen LogP contribution < -0.4 is 10.1 Å². The highest BCUT2D eigenvalue weighted by Crippen LogP contribution is 2.38. The fourth-order valence-corrected chi connectivity index (χ4v) is 4.65. The Bertz CT molecular complexity index is 1650. The number of hydrogen-bond acceptors (Lipinski definition) is 3. The lowest BCUT2D eigenvalue weighted by Crippen LogP contribution is -2.49. The summed E-state index contributed by atoms with van der Waals surface area (Å²) in [4.78, 5) is 17.8. The average molecular weight is 712 g/mol. The summed E-state index contributed by atoms with van der Waals surface area (Å²) in [6, 6.07) is 12.3. The van der Waals surface area contributed by atoms with Crippen molar-refractivity contribution >= 4 is 33.4 Å². The highest BCUT2D eigenvalue weighted by atomic mass is 79.9. The number of rotatable bonds is 9. The van der Waals surface area contributed by atoms with E-state index in [-0.39, 0.29) is 28.8 Å². The zero-order chi connectivity index (χ0) is 32.4. The molecule has 0 bridgehead atoms. The van der Waals surface area contributed by atoms with Gasteiger partial charge in [-0.25, -0.2) is 8.78 Å². The molecule has 3 aromatic carbocycles. The molecule has 232 valence electrons. The number of amides is 1. The Kier molecular flexibility index (Phi) is 9.54. The lowest BCUT2D eigenvalue weighted by Gasteiger charge is -2.36. The van der Waals surface area contributed by atoms with Crippen molar-refractivity contribution in [3.8, 4) is 5.75 Å². The minimum absolute atomic E-state index is 0.103. The van der Waals surface area contributed by atoms with E-state index in [0.29, 0.717) is 22.2 Å². The van der Waals surface area contributed by atoms with E-state index < -0.39 is 58.7 Å². The highest BCUT2D eigenvalue weighted by Gasteiger charge is 2.45. The van der Waals surface area contributed by atoms with Crippen LogP contribution in [0, 0.1) is 11.6 Å². The quantitative estimate of drug-likeness (QED) is 0.177. The molecule has 0 fully saturated rings. The van der Waals surface area contributed by atoms with Gasteiger partial charge in [0, 0.05) is 28.7 Å². The van der Waals surface area contributed by atoms with Gasteiger partial charge in [0.15, 0.2) is 0 Å². The molecule has 1 heterocycles. The molecule has 0 spiro atoms. The van der Waals surface area contributed by atoms with Crippen molar-refractivity contribution in [1.29, 1.82) is 0 Å². The number of nitrogens with zero attached hydrogens (tertiary/aromatic N) is 1. The van der Waals surface area contributed by atoms with E-state index in [9.17, 15) is 44.3 Å². The van der Waals surface area contributed by atoms with E-state index in [4.69, 9.17) is 11.6 Å². The molecule has 1 aromatic heterocycles. The molecule has 0 aliphatic heterocycles. The number of halogens is 11. The van der Waals surface area contributed by atoms with Gasteiger partial charge in [-0.3, -0.25) is 9.78 Å². The molecule has 1 amide bonds. The Balaban J connectivity index is 1.96. The maximum atomic E-state index is 15.0. The number of ether oxygens (including phenoxy) is 1. The molecule has 15 heteroatoms. The fraction of sp³-hybridized carbons (Fsp3) is 0.172. The summed E-state index contributed by atoms with van der Waals surface area (Å²) in [6.45, 7) is 0. The summed E-state index contributed by atoms with van der Waals surface area (Å²) in [6.07, 6.45) is -13.7. The Hall–Kier alpha value is -3.78. The van der Waals surface area contributed by atoms with Crippen LogP contribution in [0.2, 0.25) is 5.02 Å². The van der Waals surface area contributed by atoms with Crippen LogP contribution in [0.1, 0.15) is 32.7 Å². The van der Waals surface area contributed by atoms with Crippen molar-refractivity contribution in [2.75, 3.05) is 0 Å². The minimum atomic E-state index is -5.17. The summed E-state index contributed by atoms with van der Waals surface area (Å²) >= 11 is 9.25. The third kappa shape index (κ3) is 7.46. The van der Waals surface area contributed by atoms with Gasteiger partial charge < -0.3 is 10.1 Å². The van der Waals surface area contributed by atoms with Crippen LogP contribution in [0.4, 0.5) is 39.5 Å². The van der Waals surface area contributed by atoms with Crippen LogP contribution in [0.5, 0.6) is 5.75 Å². The van der Waals surface area contributed by atoms with Gasteiger partial charge in [-0.15, -0.1) is 0 Å². The van der Waals surface area contributed by atoms with Crippen molar-refractivity contribution in [3.05, 3.63) is 128 Å². The summed E-state index contributed by atoms with van der Waals surface area (Å²) in [5, 5.41) is 2.60. The Labute approximate surface area is 256 Å². The van der Waals surface area contributed by atoms with Crippen LogP contribution in [0.3, 0.4) is 0 Å². The molecule has 44 heavy (non-hydrogen) atoms. The third-order valence-electron chi connectivity index (χ3n) is 6.28. The summed E-state index contributed by atoms with van der Waals surface area (Å²) in [7, 11) is 0. The molecule has 1 N–H and O–H groups in total. The van der Waals surface area contributed by atoms with Crippen LogP contribution in [0.15, 0.2) is 83.5 Å². The molecule has 1 atom stereocenters. The molecule has 4 nitrogen and oxygen atoms in total. The van der Waals surface area contributed by atoms with Crippen LogP contribution in [-0.2, 0) is 18.1 Å². The number of benzene rings is 3. The van der Waals surface area contributed by atoms with Crippen molar-refractivity contribution in [2.45, 2.75) is 30.7 Å². The second kappa shape index (κ2) is 12.7. The summed E-state index contributed by atoms with van der Waals surface area (Å²) < 4.78 is 127. The Morgan fingerprint density at radius 2 is 1.61 bits per heavy atom.